The van der Waals surface area contributed by atoms with Crippen LogP contribution in [0.1, 0.15) is 12.5 Å². The smallest absolute Gasteiger partial charge is 0.189 e. The van der Waals surface area contributed by atoms with Crippen molar-refractivity contribution < 1.29 is 4.39 Å². The monoisotopic (exact) mass is 264 g/mol. The van der Waals surface area contributed by atoms with Crippen LogP contribution in [0.4, 0.5) is 10.1 Å². The number of anilines is 1. The molecule has 0 saturated heterocycles. The summed E-state index contributed by atoms with van der Waals surface area (Å²) in [7, 11) is 3.60. The maximum Gasteiger partial charge on any atom is 0.189 e. The van der Waals surface area contributed by atoms with Crippen LogP contribution in [0, 0.1) is 5.82 Å². The third-order valence-corrected chi connectivity index (χ3v) is 2.50. The molecule has 0 atom stereocenters. The first-order chi connectivity index (χ1) is 8.90. The molecule has 4 nitrogen and oxygen atoms in total. The summed E-state index contributed by atoms with van der Waals surface area (Å²) in [5.41, 5.74) is 7.99. The average Bonchev–Trinajstić information content (AvgIpc) is 2.33. The highest BCUT2D eigenvalue weighted by Gasteiger charge is 2.04. The zero-order valence-electron chi connectivity index (χ0n) is 11.7. The van der Waals surface area contributed by atoms with Crippen LogP contribution in [0.15, 0.2) is 35.3 Å². The molecule has 0 bridgehead atoms. The van der Waals surface area contributed by atoms with Crippen molar-refractivity contribution in [3.8, 4) is 0 Å². The van der Waals surface area contributed by atoms with Crippen LogP contribution in [0.3, 0.4) is 0 Å². The molecule has 0 aliphatic heterocycles. The molecule has 1 aromatic carbocycles. The van der Waals surface area contributed by atoms with Crippen molar-refractivity contribution in [1.82, 2.24) is 5.32 Å². The van der Waals surface area contributed by atoms with Crippen molar-refractivity contribution in [1.29, 1.82) is 0 Å². The lowest BCUT2D eigenvalue weighted by Crippen LogP contribution is -2.32. The minimum Gasteiger partial charge on any atom is -0.375 e. The molecule has 0 unspecified atom stereocenters. The second-order valence-electron chi connectivity index (χ2n) is 4.69. The SMILES string of the molecule is C=C(C)CNC(N)=NCc1ccc(N(C)C)c(F)c1. The number of nitrogens with one attached hydrogen (secondary N) is 1. The van der Waals surface area contributed by atoms with Crippen molar-refractivity contribution in [3.05, 3.63) is 41.7 Å². The molecule has 0 radical (unpaired) electrons. The maximum atomic E-state index is 13.7. The van der Waals surface area contributed by atoms with Gasteiger partial charge in [0.2, 0.25) is 0 Å². The van der Waals surface area contributed by atoms with E-state index in [2.05, 4.69) is 16.9 Å². The molecule has 0 fully saturated rings. The topological polar surface area (TPSA) is 53.6 Å². The summed E-state index contributed by atoms with van der Waals surface area (Å²) >= 11 is 0. The number of hydrogen-bond donors (Lipinski definition) is 2. The fourth-order valence-electron chi connectivity index (χ4n) is 1.49. The number of aliphatic imine (C=N–C) groups is 1. The number of nitrogens with two attached hydrogens (primary N) is 1. The second-order valence-corrected chi connectivity index (χ2v) is 4.69. The number of nitrogens with zero attached hydrogens (tertiary/aromatic N) is 2. The largest absolute Gasteiger partial charge is 0.375 e. The molecule has 104 valence electrons. The predicted octanol–water partition coefficient (Wildman–Crippen LogP) is 1.87. The molecular formula is C14H21FN4. The van der Waals surface area contributed by atoms with Gasteiger partial charge in [-0.3, -0.25) is 0 Å². The Hall–Kier alpha value is -2.04. The van der Waals surface area contributed by atoms with Gasteiger partial charge in [-0.2, -0.15) is 0 Å². The normalized spacial score (nSPS) is 11.3. The highest BCUT2D eigenvalue weighted by Crippen LogP contribution is 2.18. The number of benzene rings is 1. The fraction of sp³-hybridized carbons (Fsp3) is 0.357. The Kier molecular flexibility index (Phi) is 5.36. The van der Waals surface area contributed by atoms with Crippen molar-refractivity contribution in [2.24, 2.45) is 10.7 Å². The Balaban J connectivity index is 2.65. The van der Waals surface area contributed by atoms with Gasteiger partial charge in [0, 0.05) is 20.6 Å². The van der Waals surface area contributed by atoms with Gasteiger partial charge in [0.15, 0.2) is 5.96 Å². The number of hydrogen-bond acceptors (Lipinski definition) is 2. The third kappa shape index (κ3) is 4.99. The maximum absolute atomic E-state index is 13.7. The first-order valence-corrected chi connectivity index (χ1v) is 6.04. The minimum atomic E-state index is -0.258. The van der Waals surface area contributed by atoms with Crippen molar-refractivity contribution in [2.45, 2.75) is 13.5 Å². The van der Waals surface area contributed by atoms with Gasteiger partial charge < -0.3 is 16.0 Å². The van der Waals surface area contributed by atoms with Crippen LogP contribution in [-0.2, 0) is 6.54 Å². The number of rotatable bonds is 5. The summed E-state index contributed by atoms with van der Waals surface area (Å²) < 4.78 is 13.7. The van der Waals surface area contributed by atoms with Gasteiger partial charge in [-0.15, -0.1) is 0 Å². The molecule has 0 heterocycles. The number of guanidine groups is 1. The van der Waals surface area contributed by atoms with E-state index < -0.39 is 0 Å². The van der Waals surface area contributed by atoms with Crippen molar-refractivity contribution >= 4 is 11.6 Å². The Morgan fingerprint density at radius 3 is 2.68 bits per heavy atom. The Bertz CT molecular complexity index is 480. The summed E-state index contributed by atoms with van der Waals surface area (Å²) in [6, 6.07) is 5.05. The molecule has 5 heteroatoms. The molecule has 0 saturated carbocycles. The molecule has 0 aromatic heterocycles. The lowest BCUT2D eigenvalue weighted by atomic mass is 10.2. The van der Waals surface area contributed by atoms with Gasteiger partial charge in [-0.1, -0.05) is 18.2 Å². The van der Waals surface area contributed by atoms with Crippen LogP contribution in [0.2, 0.25) is 0 Å². The van der Waals surface area contributed by atoms with Crippen LogP contribution in [-0.4, -0.2) is 26.6 Å². The van der Waals surface area contributed by atoms with Crippen molar-refractivity contribution in [2.75, 3.05) is 25.5 Å². The molecule has 1 aromatic rings. The van der Waals surface area contributed by atoms with Gasteiger partial charge in [-0.25, -0.2) is 9.38 Å². The van der Waals surface area contributed by atoms with E-state index in [1.54, 1.807) is 25.1 Å². The first-order valence-electron chi connectivity index (χ1n) is 6.04. The second kappa shape index (κ2) is 6.78. The van der Waals surface area contributed by atoms with E-state index in [0.29, 0.717) is 24.7 Å². The van der Waals surface area contributed by atoms with Crippen molar-refractivity contribution in [3.63, 3.8) is 0 Å². The molecule has 0 amide bonds. The van der Waals surface area contributed by atoms with Crippen LogP contribution in [0.25, 0.3) is 0 Å². The molecule has 1 rings (SSSR count). The predicted molar refractivity (Wildman–Crippen MR) is 78.9 cm³/mol. The van der Waals surface area contributed by atoms with Crippen LogP contribution in [0.5, 0.6) is 0 Å². The Morgan fingerprint density at radius 2 is 2.16 bits per heavy atom. The third-order valence-electron chi connectivity index (χ3n) is 2.50. The lowest BCUT2D eigenvalue weighted by Gasteiger charge is -2.13. The fourth-order valence-corrected chi connectivity index (χ4v) is 1.49. The van der Waals surface area contributed by atoms with Gasteiger partial charge in [0.05, 0.1) is 12.2 Å². The standard InChI is InChI=1S/C14H21FN4/c1-10(2)8-17-14(16)18-9-11-5-6-13(19(3)4)12(15)7-11/h5-7H,1,8-9H2,2-4H3,(H3,16,17,18). The summed E-state index contributed by atoms with van der Waals surface area (Å²) in [6.07, 6.45) is 0. The van der Waals surface area contributed by atoms with E-state index in [0.717, 1.165) is 11.1 Å². The van der Waals surface area contributed by atoms with E-state index in [-0.39, 0.29) is 5.82 Å². The van der Waals surface area contributed by atoms with Crippen LogP contribution >= 0.6 is 0 Å². The highest BCUT2D eigenvalue weighted by atomic mass is 19.1. The molecule has 0 aliphatic carbocycles. The summed E-state index contributed by atoms with van der Waals surface area (Å²) in [5, 5.41) is 2.92. The van der Waals surface area contributed by atoms with Gasteiger partial charge >= 0.3 is 0 Å². The summed E-state index contributed by atoms with van der Waals surface area (Å²) in [6.45, 7) is 6.59. The zero-order chi connectivity index (χ0) is 14.4. The zero-order valence-corrected chi connectivity index (χ0v) is 11.7. The molecule has 0 spiro atoms. The van der Waals surface area contributed by atoms with Gasteiger partial charge in [0.1, 0.15) is 5.82 Å². The molecule has 19 heavy (non-hydrogen) atoms. The van der Waals surface area contributed by atoms with E-state index in [1.807, 2.05) is 13.0 Å². The molecular weight excluding hydrogens is 243 g/mol. The minimum absolute atomic E-state index is 0.258. The lowest BCUT2D eigenvalue weighted by molar-refractivity contribution is 0.624. The quantitative estimate of drug-likeness (QED) is 0.485. The summed E-state index contributed by atoms with van der Waals surface area (Å²) in [4.78, 5) is 5.87. The first kappa shape index (κ1) is 15.0. The molecule has 3 N–H and O–H groups in total. The Morgan fingerprint density at radius 1 is 1.47 bits per heavy atom. The van der Waals surface area contributed by atoms with Gasteiger partial charge in [-0.05, 0) is 24.6 Å². The summed E-state index contributed by atoms with van der Waals surface area (Å²) in [5.74, 6) is 0.0752. The van der Waals surface area contributed by atoms with Gasteiger partial charge in [0.25, 0.3) is 0 Å². The van der Waals surface area contributed by atoms with E-state index in [9.17, 15) is 4.39 Å². The molecule has 0 aliphatic rings. The van der Waals surface area contributed by atoms with Crippen LogP contribution < -0.4 is 16.0 Å². The number of halogens is 1. The van der Waals surface area contributed by atoms with E-state index in [1.165, 1.54) is 6.07 Å². The highest BCUT2D eigenvalue weighted by molar-refractivity contribution is 5.78. The van der Waals surface area contributed by atoms with E-state index >= 15 is 0 Å². The Labute approximate surface area is 113 Å². The average molecular weight is 264 g/mol. The van der Waals surface area contributed by atoms with E-state index in [4.69, 9.17) is 5.73 Å².